The van der Waals surface area contributed by atoms with E-state index in [1.165, 1.54) is 12.1 Å². The predicted molar refractivity (Wildman–Crippen MR) is 103 cm³/mol. The fourth-order valence-corrected chi connectivity index (χ4v) is 4.50. The second-order valence-electron chi connectivity index (χ2n) is 7.78. The van der Waals surface area contributed by atoms with Crippen molar-refractivity contribution in [1.82, 2.24) is 14.8 Å². The molecule has 1 unspecified atom stereocenters. The third-order valence-corrected chi connectivity index (χ3v) is 6.22. The molecule has 3 heterocycles. The molecular weight excluding hydrogens is 341 g/mol. The van der Waals surface area contributed by atoms with Gasteiger partial charge >= 0.3 is 0 Å². The van der Waals surface area contributed by atoms with Crippen molar-refractivity contribution in [2.75, 3.05) is 19.6 Å². The Hall–Kier alpha value is -2.66. The fourth-order valence-electron chi connectivity index (χ4n) is 4.50. The van der Waals surface area contributed by atoms with Gasteiger partial charge in [-0.25, -0.2) is 4.39 Å². The first kappa shape index (κ1) is 16.5. The molecule has 0 aliphatic carbocycles. The molecule has 2 aliphatic heterocycles. The maximum absolute atomic E-state index is 13.1. The zero-order valence-corrected chi connectivity index (χ0v) is 15.1. The number of aromatic nitrogens is 1. The van der Waals surface area contributed by atoms with Gasteiger partial charge in [-0.3, -0.25) is 9.69 Å². The first-order valence-electron chi connectivity index (χ1n) is 9.49. The Morgan fingerprint density at radius 3 is 2.67 bits per heavy atom. The van der Waals surface area contributed by atoms with Gasteiger partial charge in [0.2, 0.25) is 0 Å². The summed E-state index contributed by atoms with van der Waals surface area (Å²) in [6.07, 6.45) is 4.02. The summed E-state index contributed by atoms with van der Waals surface area (Å²) in [4.78, 5) is 20.6. The highest BCUT2D eigenvalue weighted by molar-refractivity contribution is 5.98. The number of carbonyl (C=O) groups is 1. The number of aromatic amines is 1. The van der Waals surface area contributed by atoms with Gasteiger partial charge in [-0.2, -0.15) is 0 Å². The molecule has 2 fully saturated rings. The topological polar surface area (TPSA) is 39.3 Å². The van der Waals surface area contributed by atoms with Crippen LogP contribution in [0.3, 0.4) is 0 Å². The number of likely N-dealkylation sites (tertiary alicyclic amines) is 2. The van der Waals surface area contributed by atoms with Crippen molar-refractivity contribution in [3.05, 3.63) is 71.7 Å². The highest BCUT2D eigenvalue weighted by Crippen LogP contribution is 2.40. The number of hydrogen-bond donors (Lipinski definition) is 1. The molecule has 2 aromatic carbocycles. The second-order valence-corrected chi connectivity index (χ2v) is 7.78. The van der Waals surface area contributed by atoms with E-state index in [0.29, 0.717) is 0 Å². The molecular formula is C22H22FN3O. The summed E-state index contributed by atoms with van der Waals surface area (Å²) in [6, 6.07) is 14.6. The number of rotatable bonds is 3. The minimum absolute atomic E-state index is 0.0855. The maximum Gasteiger partial charge on any atom is 0.253 e. The SMILES string of the molecule is O=C(c1ccc2[nH]ccc2c1)N1CCC2(CCN2Cc2ccc(F)cc2)C1. The molecule has 1 spiro atoms. The number of amides is 1. The average molecular weight is 363 g/mol. The Morgan fingerprint density at radius 1 is 1.07 bits per heavy atom. The van der Waals surface area contributed by atoms with Gasteiger partial charge in [0.25, 0.3) is 5.91 Å². The molecule has 1 aromatic heterocycles. The Morgan fingerprint density at radius 2 is 1.89 bits per heavy atom. The van der Waals surface area contributed by atoms with E-state index in [2.05, 4.69) is 9.88 Å². The van der Waals surface area contributed by atoms with Crippen LogP contribution in [-0.4, -0.2) is 45.9 Å². The lowest BCUT2D eigenvalue weighted by molar-refractivity contribution is -0.0131. The van der Waals surface area contributed by atoms with Gasteiger partial charge in [0.05, 0.1) is 0 Å². The molecule has 0 radical (unpaired) electrons. The van der Waals surface area contributed by atoms with Gasteiger partial charge in [-0.1, -0.05) is 12.1 Å². The Labute approximate surface area is 157 Å². The van der Waals surface area contributed by atoms with Gasteiger partial charge in [-0.05, 0) is 54.8 Å². The first-order chi connectivity index (χ1) is 13.1. The van der Waals surface area contributed by atoms with Crippen LogP contribution in [0, 0.1) is 5.82 Å². The number of nitrogens with zero attached hydrogens (tertiary/aromatic N) is 2. The predicted octanol–water partition coefficient (Wildman–Crippen LogP) is 3.80. The van der Waals surface area contributed by atoms with Crippen molar-refractivity contribution in [2.24, 2.45) is 0 Å². The molecule has 2 saturated heterocycles. The molecule has 0 saturated carbocycles. The summed E-state index contributed by atoms with van der Waals surface area (Å²) in [5.41, 5.74) is 3.01. The molecule has 5 heteroatoms. The Kier molecular flexibility index (Phi) is 3.79. The van der Waals surface area contributed by atoms with Crippen LogP contribution in [0.2, 0.25) is 0 Å². The van der Waals surface area contributed by atoms with Gasteiger partial charge < -0.3 is 9.88 Å². The summed E-state index contributed by atoms with van der Waals surface area (Å²) in [5, 5.41) is 1.07. The van der Waals surface area contributed by atoms with Crippen LogP contribution in [0.1, 0.15) is 28.8 Å². The monoisotopic (exact) mass is 363 g/mol. The quantitative estimate of drug-likeness (QED) is 0.769. The van der Waals surface area contributed by atoms with Crippen molar-refractivity contribution in [1.29, 1.82) is 0 Å². The molecule has 138 valence electrons. The third-order valence-electron chi connectivity index (χ3n) is 6.22. The summed E-state index contributed by atoms with van der Waals surface area (Å²) in [7, 11) is 0. The van der Waals surface area contributed by atoms with Crippen molar-refractivity contribution >= 4 is 16.8 Å². The van der Waals surface area contributed by atoms with Crippen LogP contribution in [-0.2, 0) is 6.54 Å². The highest BCUT2D eigenvalue weighted by atomic mass is 19.1. The first-order valence-corrected chi connectivity index (χ1v) is 9.49. The molecule has 3 aromatic rings. The molecule has 1 N–H and O–H groups in total. The minimum Gasteiger partial charge on any atom is -0.361 e. The lowest BCUT2D eigenvalue weighted by Gasteiger charge is -2.50. The number of halogens is 1. The van der Waals surface area contributed by atoms with E-state index in [-0.39, 0.29) is 17.3 Å². The number of H-pyrrole nitrogens is 1. The van der Waals surface area contributed by atoms with E-state index in [9.17, 15) is 9.18 Å². The van der Waals surface area contributed by atoms with E-state index in [0.717, 1.165) is 61.1 Å². The van der Waals surface area contributed by atoms with Crippen LogP contribution in [0.5, 0.6) is 0 Å². The highest BCUT2D eigenvalue weighted by Gasteiger charge is 2.49. The number of benzene rings is 2. The van der Waals surface area contributed by atoms with Crippen molar-refractivity contribution in [3.63, 3.8) is 0 Å². The number of hydrogen-bond acceptors (Lipinski definition) is 2. The molecule has 1 atom stereocenters. The molecule has 27 heavy (non-hydrogen) atoms. The van der Waals surface area contributed by atoms with Crippen molar-refractivity contribution in [2.45, 2.75) is 24.9 Å². The number of carbonyl (C=O) groups excluding carboxylic acids is 1. The molecule has 4 nitrogen and oxygen atoms in total. The van der Waals surface area contributed by atoms with E-state index in [1.54, 1.807) is 0 Å². The minimum atomic E-state index is -0.200. The van der Waals surface area contributed by atoms with Gasteiger partial charge in [-0.15, -0.1) is 0 Å². The largest absolute Gasteiger partial charge is 0.361 e. The Bertz CT molecular complexity index is 996. The zero-order chi connectivity index (χ0) is 18.4. The maximum atomic E-state index is 13.1. The summed E-state index contributed by atoms with van der Waals surface area (Å²) in [5.74, 6) is -0.0855. The smallest absolute Gasteiger partial charge is 0.253 e. The Balaban J connectivity index is 1.30. The van der Waals surface area contributed by atoms with Crippen LogP contribution in [0.4, 0.5) is 4.39 Å². The normalized spacial score (nSPS) is 22.5. The van der Waals surface area contributed by atoms with Crippen LogP contribution >= 0.6 is 0 Å². The molecule has 1 amide bonds. The van der Waals surface area contributed by atoms with Crippen LogP contribution in [0.25, 0.3) is 10.9 Å². The standard InChI is InChI=1S/C22H22FN3O/c23-19-4-1-16(2-5-19)14-26-12-9-22(26)8-11-25(15-22)21(27)18-3-6-20-17(13-18)7-10-24-20/h1-7,10,13,24H,8-9,11-12,14-15H2. The van der Waals surface area contributed by atoms with Crippen LogP contribution in [0.15, 0.2) is 54.7 Å². The summed E-state index contributed by atoms with van der Waals surface area (Å²) < 4.78 is 13.1. The molecule has 2 aliphatic rings. The number of nitrogens with one attached hydrogen (secondary N) is 1. The van der Waals surface area contributed by atoms with Crippen molar-refractivity contribution in [3.8, 4) is 0 Å². The molecule has 5 rings (SSSR count). The second kappa shape index (κ2) is 6.20. The van der Waals surface area contributed by atoms with E-state index < -0.39 is 0 Å². The fraction of sp³-hybridized carbons (Fsp3) is 0.318. The van der Waals surface area contributed by atoms with Crippen LogP contribution < -0.4 is 0 Å². The van der Waals surface area contributed by atoms with E-state index >= 15 is 0 Å². The van der Waals surface area contributed by atoms with Crippen molar-refractivity contribution < 1.29 is 9.18 Å². The number of fused-ring (bicyclic) bond motifs is 1. The summed E-state index contributed by atoms with van der Waals surface area (Å²) >= 11 is 0. The van der Waals surface area contributed by atoms with Gasteiger partial charge in [0.15, 0.2) is 0 Å². The van der Waals surface area contributed by atoms with Gasteiger partial charge in [0, 0.05) is 54.4 Å². The summed E-state index contributed by atoms with van der Waals surface area (Å²) in [6.45, 7) is 3.43. The van der Waals surface area contributed by atoms with Gasteiger partial charge in [0.1, 0.15) is 5.82 Å². The van der Waals surface area contributed by atoms with E-state index in [1.807, 2.05) is 47.5 Å². The third kappa shape index (κ3) is 2.82. The lowest BCUT2D eigenvalue weighted by atomic mass is 9.83. The zero-order valence-electron chi connectivity index (χ0n) is 15.1. The van der Waals surface area contributed by atoms with E-state index in [4.69, 9.17) is 0 Å². The lowest BCUT2D eigenvalue weighted by Crippen LogP contribution is -2.60. The molecule has 0 bridgehead atoms. The average Bonchev–Trinajstić information content (AvgIpc) is 3.34.